The number of hydrogen-bond acceptors (Lipinski definition) is 10. The SMILES string of the molecule is CCOC(=O)N(C(=O)OCC)c1ccc(F)c(C2(C)Cn3ncc(Br)c3C(=S)N2)c1.CCOC(=O)Nc1ccc(F)c(C2(C)Cn3ncc(Br)c3C(=S)N2)c1. The minimum Gasteiger partial charge on any atom is -0.450 e. The third-order valence-corrected chi connectivity index (χ3v) is 10.3. The van der Waals surface area contributed by atoms with Crippen molar-refractivity contribution in [2.75, 3.05) is 30.0 Å². The Labute approximate surface area is 342 Å². The fourth-order valence-electron chi connectivity index (χ4n) is 6.07. The molecule has 20 heteroatoms. The van der Waals surface area contributed by atoms with Crippen LogP contribution in [0.25, 0.3) is 0 Å². The van der Waals surface area contributed by atoms with Crippen molar-refractivity contribution in [2.24, 2.45) is 0 Å². The molecular formula is C35H36Br2F2N8O6S2. The van der Waals surface area contributed by atoms with Crippen molar-refractivity contribution in [2.45, 2.75) is 58.8 Å². The van der Waals surface area contributed by atoms with Gasteiger partial charge in [-0.15, -0.1) is 0 Å². The summed E-state index contributed by atoms with van der Waals surface area (Å²) in [5.74, 6) is -0.930. The molecule has 14 nitrogen and oxygen atoms in total. The topological polar surface area (TPSA) is 154 Å². The zero-order valence-electron chi connectivity index (χ0n) is 30.2. The zero-order valence-corrected chi connectivity index (χ0v) is 35.0. The molecule has 0 aliphatic carbocycles. The summed E-state index contributed by atoms with van der Waals surface area (Å²) in [5, 5.41) is 17.5. The van der Waals surface area contributed by atoms with E-state index >= 15 is 0 Å². The van der Waals surface area contributed by atoms with E-state index in [1.54, 1.807) is 55.5 Å². The van der Waals surface area contributed by atoms with Crippen LogP contribution in [0, 0.1) is 11.6 Å². The maximum absolute atomic E-state index is 14.9. The van der Waals surface area contributed by atoms with Gasteiger partial charge in [0.1, 0.15) is 33.0 Å². The second-order valence-electron chi connectivity index (χ2n) is 12.5. The molecular weight excluding hydrogens is 890 g/mol. The maximum atomic E-state index is 14.9. The molecule has 0 bridgehead atoms. The summed E-state index contributed by atoms with van der Waals surface area (Å²) in [6.45, 7) is 9.58. The first-order valence-electron chi connectivity index (χ1n) is 16.8. The Morgan fingerprint density at radius 1 is 0.800 bits per heavy atom. The molecule has 292 valence electrons. The number of carbonyl (C=O) groups excluding carboxylic acids is 3. The van der Waals surface area contributed by atoms with Gasteiger partial charge in [-0.2, -0.15) is 15.1 Å². The second-order valence-corrected chi connectivity index (χ2v) is 15.0. The van der Waals surface area contributed by atoms with Crippen molar-refractivity contribution in [1.29, 1.82) is 0 Å². The van der Waals surface area contributed by atoms with E-state index in [1.807, 2.05) is 6.92 Å². The van der Waals surface area contributed by atoms with Gasteiger partial charge in [0.2, 0.25) is 0 Å². The average Bonchev–Trinajstić information content (AvgIpc) is 3.68. The lowest BCUT2D eigenvalue weighted by Gasteiger charge is -2.37. The van der Waals surface area contributed by atoms with E-state index in [4.69, 9.17) is 38.6 Å². The Kier molecular flexibility index (Phi) is 12.9. The lowest BCUT2D eigenvalue weighted by atomic mass is 9.89. The molecule has 55 heavy (non-hydrogen) atoms. The van der Waals surface area contributed by atoms with Gasteiger partial charge in [0.05, 0.1) is 71.0 Å². The highest BCUT2D eigenvalue weighted by Crippen LogP contribution is 2.35. The summed E-state index contributed by atoms with van der Waals surface area (Å²) in [4.78, 5) is 38.0. The standard InChI is InChI=1S/C19H20BrFN4O4S.C16H16BrFN4O2S/c1-4-28-17(26)25(18(27)29-5-2)11-6-7-14(21)12(8-11)19(3)10-24-15(16(30)23-19)13(20)9-22-24;1-3-24-15(23)20-9-4-5-12(18)10(6-9)16(2)8-22-13(14(25)21-16)11(17)7-19-22/h6-9H,4-5,10H2,1-3H3,(H,23,30);4-7H,3,8H2,1-2H3,(H,20,23)(H,21,25). The smallest absolute Gasteiger partial charge is 0.423 e. The lowest BCUT2D eigenvalue weighted by Crippen LogP contribution is -2.52. The molecule has 0 saturated carbocycles. The quantitative estimate of drug-likeness (QED) is 0.123. The molecule has 0 spiro atoms. The summed E-state index contributed by atoms with van der Waals surface area (Å²) in [7, 11) is 0. The minimum absolute atomic E-state index is 0.0628. The summed E-state index contributed by atoms with van der Waals surface area (Å²) in [5.41, 5.74) is 0.796. The van der Waals surface area contributed by atoms with Gasteiger partial charge in [0.15, 0.2) is 0 Å². The van der Waals surface area contributed by atoms with Gasteiger partial charge in [-0.05, 0) is 103 Å². The molecule has 4 aromatic rings. The lowest BCUT2D eigenvalue weighted by molar-refractivity contribution is 0.140. The molecule has 2 atom stereocenters. The fourth-order valence-corrected chi connectivity index (χ4v) is 8.20. The number of ether oxygens (including phenoxy) is 3. The Bertz CT molecular complexity index is 2150. The molecule has 0 saturated heterocycles. The largest absolute Gasteiger partial charge is 0.450 e. The van der Waals surface area contributed by atoms with Gasteiger partial charge in [-0.1, -0.05) is 24.4 Å². The number of rotatable bonds is 7. The van der Waals surface area contributed by atoms with Crippen LogP contribution in [-0.2, 0) is 38.4 Å². The number of benzene rings is 2. The van der Waals surface area contributed by atoms with Crippen LogP contribution >= 0.6 is 56.3 Å². The average molecular weight is 927 g/mol. The van der Waals surface area contributed by atoms with Crippen LogP contribution in [0.5, 0.6) is 0 Å². The third kappa shape index (κ3) is 8.81. The van der Waals surface area contributed by atoms with Crippen LogP contribution in [0.2, 0.25) is 0 Å². The Balaban J connectivity index is 0.000000214. The second kappa shape index (κ2) is 17.1. The highest BCUT2D eigenvalue weighted by atomic mass is 79.9. The molecule has 0 fully saturated rings. The predicted molar refractivity (Wildman–Crippen MR) is 214 cm³/mol. The molecule has 6 rings (SSSR count). The number of hydrogen-bond donors (Lipinski definition) is 3. The van der Waals surface area contributed by atoms with Gasteiger partial charge >= 0.3 is 18.3 Å². The van der Waals surface area contributed by atoms with Gasteiger partial charge < -0.3 is 24.8 Å². The number of nitrogens with zero attached hydrogens (tertiary/aromatic N) is 5. The highest BCUT2D eigenvalue weighted by molar-refractivity contribution is 9.10. The van der Waals surface area contributed by atoms with Crippen LogP contribution < -0.4 is 20.9 Å². The van der Waals surface area contributed by atoms with E-state index in [2.05, 4.69) is 58.0 Å². The van der Waals surface area contributed by atoms with Gasteiger partial charge in [-0.3, -0.25) is 14.7 Å². The highest BCUT2D eigenvalue weighted by Gasteiger charge is 2.40. The van der Waals surface area contributed by atoms with Crippen LogP contribution in [0.4, 0.5) is 34.5 Å². The van der Waals surface area contributed by atoms with E-state index in [9.17, 15) is 23.2 Å². The summed E-state index contributed by atoms with van der Waals surface area (Å²) < 4.78 is 49.1. The summed E-state index contributed by atoms with van der Waals surface area (Å²) in [6.07, 6.45) is 0.860. The number of anilines is 2. The molecule has 2 unspecified atom stereocenters. The van der Waals surface area contributed by atoms with Crippen molar-refractivity contribution in [3.63, 3.8) is 0 Å². The van der Waals surface area contributed by atoms with Crippen LogP contribution in [0.1, 0.15) is 57.1 Å². The molecule has 4 heterocycles. The number of carbonyl (C=O) groups is 3. The van der Waals surface area contributed by atoms with E-state index in [1.165, 1.54) is 30.3 Å². The molecule has 2 aliphatic heterocycles. The number of thiocarbonyl (C=S) groups is 2. The molecule has 3 amide bonds. The first-order chi connectivity index (χ1) is 26.0. The molecule has 0 radical (unpaired) electrons. The normalized spacial score (nSPS) is 18.3. The van der Waals surface area contributed by atoms with Gasteiger partial charge in [0, 0.05) is 16.8 Å². The third-order valence-electron chi connectivity index (χ3n) is 8.52. The van der Waals surface area contributed by atoms with Crippen molar-refractivity contribution < 1.29 is 37.4 Å². The molecule has 2 aromatic carbocycles. The molecule has 2 aromatic heterocycles. The number of halogens is 4. The van der Waals surface area contributed by atoms with E-state index in [0.717, 1.165) is 19.5 Å². The predicted octanol–water partition coefficient (Wildman–Crippen LogP) is 7.65. The number of imide groups is 1. The van der Waals surface area contributed by atoms with Gasteiger partial charge in [0.25, 0.3) is 0 Å². The number of amides is 3. The van der Waals surface area contributed by atoms with Crippen molar-refractivity contribution in [3.05, 3.63) is 91.9 Å². The van der Waals surface area contributed by atoms with Crippen molar-refractivity contribution in [3.8, 4) is 0 Å². The number of aromatic nitrogens is 4. The summed E-state index contributed by atoms with van der Waals surface area (Å²) in [6, 6.07) is 8.26. The fraction of sp³-hybridized carbons (Fsp3) is 0.343. The summed E-state index contributed by atoms with van der Waals surface area (Å²) >= 11 is 17.7. The Morgan fingerprint density at radius 3 is 1.73 bits per heavy atom. The van der Waals surface area contributed by atoms with Crippen LogP contribution in [-0.4, -0.2) is 67.6 Å². The maximum Gasteiger partial charge on any atom is 0.423 e. The molecule has 3 N–H and O–H groups in total. The van der Waals surface area contributed by atoms with Crippen molar-refractivity contribution in [1.82, 2.24) is 30.2 Å². The monoisotopic (exact) mass is 924 g/mol. The van der Waals surface area contributed by atoms with E-state index < -0.39 is 41.0 Å². The zero-order chi connectivity index (χ0) is 40.2. The van der Waals surface area contributed by atoms with Crippen LogP contribution in [0.15, 0.2) is 57.7 Å². The van der Waals surface area contributed by atoms with E-state index in [-0.39, 0.29) is 37.6 Å². The first-order valence-corrected chi connectivity index (χ1v) is 19.2. The van der Waals surface area contributed by atoms with Gasteiger partial charge in [-0.25, -0.2) is 23.2 Å². The van der Waals surface area contributed by atoms with Crippen molar-refractivity contribution >= 4 is 95.9 Å². The number of nitrogens with one attached hydrogen (secondary N) is 3. The van der Waals surface area contributed by atoms with Crippen LogP contribution in [0.3, 0.4) is 0 Å². The Morgan fingerprint density at radius 2 is 1.25 bits per heavy atom. The minimum atomic E-state index is -0.982. The Hall–Kier alpha value is -4.53. The van der Waals surface area contributed by atoms with E-state index in [0.29, 0.717) is 33.5 Å². The first kappa shape index (κ1) is 41.6. The number of fused-ring (bicyclic) bond motifs is 2. The molecule has 2 aliphatic rings.